The van der Waals surface area contributed by atoms with Crippen LogP contribution < -0.4 is 10.6 Å². The van der Waals surface area contributed by atoms with Crippen molar-refractivity contribution in [2.75, 3.05) is 6.61 Å². The molecule has 0 spiro atoms. The van der Waals surface area contributed by atoms with Crippen molar-refractivity contribution in [3.05, 3.63) is 35.6 Å². The van der Waals surface area contributed by atoms with Crippen LogP contribution in [0.4, 0.5) is 9.18 Å². The van der Waals surface area contributed by atoms with Crippen molar-refractivity contribution >= 4 is 6.03 Å². The smallest absolute Gasteiger partial charge is 0.315 e. The van der Waals surface area contributed by atoms with Crippen LogP contribution in [0, 0.1) is 11.7 Å². The van der Waals surface area contributed by atoms with E-state index in [1.807, 2.05) is 26.8 Å². The molecule has 2 amide bonds. The number of urea groups is 1. The molecule has 1 aromatic carbocycles. The second-order valence-corrected chi connectivity index (χ2v) is 5.39. The highest BCUT2D eigenvalue weighted by molar-refractivity contribution is 5.74. The molecule has 0 aliphatic heterocycles. The van der Waals surface area contributed by atoms with Crippen LogP contribution in [0.25, 0.3) is 0 Å². The maximum atomic E-state index is 13.1. The number of carbonyl (C=O) groups is 1. The molecule has 3 N–H and O–H groups in total. The molecule has 4 nitrogen and oxygen atoms in total. The largest absolute Gasteiger partial charge is 0.394 e. The molecule has 1 aromatic rings. The van der Waals surface area contributed by atoms with Gasteiger partial charge in [0.2, 0.25) is 0 Å². The van der Waals surface area contributed by atoms with Crippen molar-refractivity contribution < 1.29 is 14.3 Å². The fraction of sp³-hybridized carbons (Fsp3) is 0.533. The van der Waals surface area contributed by atoms with Crippen molar-refractivity contribution in [2.45, 2.75) is 39.3 Å². The zero-order valence-corrected chi connectivity index (χ0v) is 12.2. The molecule has 0 radical (unpaired) electrons. The number of aliphatic hydroxyl groups excluding tert-OH is 1. The zero-order valence-electron chi connectivity index (χ0n) is 12.2. The van der Waals surface area contributed by atoms with Crippen molar-refractivity contribution in [1.29, 1.82) is 0 Å². The van der Waals surface area contributed by atoms with E-state index >= 15 is 0 Å². The van der Waals surface area contributed by atoms with Crippen LogP contribution in [0.3, 0.4) is 0 Å². The average molecular weight is 282 g/mol. The predicted octanol–water partition coefficient (Wildman–Crippen LogP) is 2.07. The molecule has 0 heterocycles. The second kappa shape index (κ2) is 7.85. The van der Waals surface area contributed by atoms with Crippen LogP contribution in [0.5, 0.6) is 0 Å². The third kappa shape index (κ3) is 5.57. The molecule has 0 aliphatic rings. The SMILES string of the molecule is CC(C)[C@@H](CO)NC(=O)N[C@@H](C)Cc1cccc(F)c1. The van der Waals surface area contributed by atoms with Gasteiger partial charge >= 0.3 is 6.03 Å². The molecule has 112 valence electrons. The Morgan fingerprint density at radius 1 is 1.30 bits per heavy atom. The van der Waals surface area contributed by atoms with Gasteiger partial charge in [-0.25, -0.2) is 9.18 Å². The summed E-state index contributed by atoms with van der Waals surface area (Å²) in [4.78, 5) is 11.8. The van der Waals surface area contributed by atoms with Crippen LogP contribution >= 0.6 is 0 Å². The molecular weight excluding hydrogens is 259 g/mol. The maximum Gasteiger partial charge on any atom is 0.315 e. The lowest BCUT2D eigenvalue weighted by molar-refractivity contribution is 0.196. The first-order valence-electron chi connectivity index (χ1n) is 6.84. The first-order chi connectivity index (χ1) is 9.42. The van der Waals surface area contributed by atoms with Gasteiger partial charge in [0.05, 0.1) is 12.6 Å². The summed E-state index contributed by atoms with van der Waals surface area (Å²) in [5, 5.41) is 14.7. The summed E-state index contributed by atoms with van der Waals surface area (Å²) in [5.41, 5.74) is 0.834. The summed E-state index contributed by atoms with van der Waals surface area (Å²) < 4.78 is 13.1. The molecule has 0 unspecified atom stereocenters. The lowest BCUT2D eigenvalue weighted by Gasteiger charge is -2.22. The van der Waals surface area contributed by atoms with Gasteiger partial charge in [0.1, 0.15) is 5.82 Å². The van der Waals surface area contributed by atoms with Crippen LogP contribution in [-0.4, -0.2) is 29.8 Å². The number of aliphatic hydroxyl groups is 1. The highest BCUT2D eigenvalue weighted by atomic mass is 19.1. The van der Waals surface area contributed by atoms with Crippen molar-refractivity contribution in [1.82, 2.24) is 10.6 Å². The monoisotopic (exact) mass is 282 g/mol. The minimum absolute atomic E-state index is 0.0939. The molecular formula is C15H23FN2O2. The first kappa shape index (κ1) is 16.4. The summed E-state index contributed by atoms with van der Waals surface area (Å²) >= 11 is 0. The minimum atomic E-state index is -0.318. The minimum Gasteiger partial charge on any atom is -0.394 e. The van der Waals surface area contributed by atoms with Gasteiger partial charge < -0.3 is 15.7 Å². The average Bonchev–Trinajstić information content (AvgIpc) is 2.35. The third-order valence-electron chi connectivity index (χ3n) is 3.13. The van der Waals surface area contributed by atoms with E-state index in [-0.39, 0.29) is 36.5 Å². The van der Waals surface area contributed by atoms with E-state index in [9.17, 15) is 9.18 Å². The van der Waals surface area contributed by atoms with Crippen molar-refractivity contribution in [3.8, 4) is 0 Å². The number of amides is 2. The quantitative estimate of drug-likeness (QED) is 0.748. The van der Waals surface area contributed by atoms with E-state index in [0.717, 1.165) is 5.56 Å². The van der Waals surface area contributed by atoms with Crippen LogP contribution in [0.15, 0.2) is 24.3 Å². The van der Waals surface area contributed by atoms with E-state index in [1.165, 1.54) is 12.1 Å². The molecule has 2 atom stereocenters. The standard InChI is InChI=1S/C15H23FN2O2/c1-10(2)14(9-19)18-15(20)17-11(3)7-12-5-4-6-13(16)8-12/h4-6,8,10-11,14,19H,7,9H2,1-3H3,(H2,17,18,20)/t11-,14+/m0/s1. The van der Waals surface area contributed by atoms with Gasteiger partial charge in [0.15, 0.2) is 0 Å². The van der Waals surface area contributed by atoms with Crippen LogP contribution in [-0.2, 0) is 6.42 Å². The van der Waals surface area contributed by atoms with Gasteiger partial charge in [-0.2, -0.15) is 0 Å². The van der Waals surface area contributed by atoms with Gasteiger partial charge in [-0.3, -0.25) is 0 Å². The number of hydrogen-bond acceptors (Lipinski definition) is 2. The number of nitrogens with one attached hydrogen (secondary N) is 2. The van der Waals surface area contributed by atoms with Crippen LogP contribution in [0.2, 0.25) is 0 Å². The Labute approximate surface area is 119 Å². The highest BCUT2D eigenvalue weighted by Crippen LogP contribution is 2.06. The van der Waals surface area contributed by atoms with E-state index in [0.29, 0.717) is 6.42 Å². The fourth-order valence-electron chi connectivity index (χ4n) is 1.93. The van der Waals surface area contributed by atoms with E-state index < -0.39 is 0 Å². The van der Waals surface area contributed by atoms with E-state index in [2.05, 4.69) is 10.6 Å². The number of halogens is 1. The summed E-state index contributed by atoms with van der Waals surface area (Å²) in [7, 11) is 0. The lowest BCUT2D eigenvalue weighted by atomic mass is 10.1. The summed E-state index contributed by atoms with van der Waals surface area (Å²) in [6, 6.07) is 5.62. The number of hydrogen-bond donors (Lipinski definition) is 3. The first-order valence-corrected chi connectivity index (χ1v) is 6.84. The molecule has 0 saturated heterocycles. The molecule has 20 heavy (non-hydrogen) atoms. The second-order valence-electron chi connectivity index (χ2n) is 5.39. The van der Waals surface area contributed by atoms with Gasteiger partial charge in [-0.15, -0.1) is 0 Å². The summed E-state index contributed by atoms with van der Waals surface area (Å²) in [5.74, 6) is -0.122. The Morgan fingerprint density at radius 3 is 2.55 bits per heavy atom. The zero-order chi connectivity index (χ0) is 15.1. The third-order valence-corrected chi connectivity index (χ3v) is 3.13. The number of rotatable bonds is 6. The van der Waals surface area contributed by atoms with Gasteiger partial charge in [-0.05, 0) is 37.0 Å². The molecule has 0 fully saturated rings. The molecule has 0 bridgehead atoms. The number of benzene rings is 1. The normalized spacial score (nSPS) is 13.9. The fourth-order valence-corrected chi connectivity index (χ4v) is 1.93. The Morgan fingerprint density at radius 2 is 2.00 bits per heavy atom. The summed E-state index contributed by atoms with van der Waals surface area (Å²) in [6.45, 7) is 5.62. The highest BCUT2D eigenvalue weighted by Gasteiger charge is 2.16. The molecule has 0 aromatic heterocycles. The Kier molecular flexibility index (Phi) is 6.45. The molecule has 0 aliphatic carbocycles. The Bertz CT molecular complexity index is 438. The maximum absolute atomic E-state index is 13.1. The molecule has 0 saturated carbocycles. The topological polar surface area (TPSA) is 61.4 Å². The van der Waals surface area contributed by atoms with Crippen LogP contribution in [0.1, 0.15) is 26.3 Å². The van der Waals surface area contributed by atoms with E-state index in [4.69, 9.17) is 5.11 Å². The van der Waals surface area contributed by atoms with Gasteiger partial charge in [0.25, 0.3) is 0 Å². The van der Waals surface area contributed by atoms with Gasteiger partial charge in [-0.1, -0.05) is 26.0 Å². The van der Waals surface area contributed by atoms with E-state index in [1.54, 1.807) is 6.07 Å². The van der Waals surface area contributed by atoms with Crippen molar-refractivity contribution in [2.24, 2.45) is 5.92 Å². The van der Waals surface area contributed by atoms with Gasteiger partial charge in [0, 0.05) is 6.04 Å². The Balaban J connectivity index is 2.45. The Hall–Kier alpha value is -1.62. The predicted molar refractivity (Wildman–Crippen MR) is 76.9 cm³/mol. The molecule has 1 rings (SSSR count). The lowest BCUT2D eigenvalue weighted by Crippen LogP contribution is -2.49. The summed E-state index contributed by atoms with van der Waals surface area (Å²) in [6.07, 6.45) is 0.552. The van der Waals surface area contributed by atoms with Crippen molar-refractivity contribution in [3.63, 3.8) is 0 Å². The number of carbonyl (C=O) groups excluding carboxylic acids is 1. The molecule has 5 heteroatoms.